The maximum atomic E-state index is 12.2. The molecule has 0 aliphatic heterocycles. The first-order chi connectivity index (χ1) is 9.31. The molecular weight excluding hydrogens is 297 g/mol. The lowest BCUT2D eigenvalue weighted by Crippen LogP contribution is -2.39. The predicted octanol–water partition coefficient (Wildman–Crippen LogP) is 4.16. The van der Waals surface area contributed by atoms with E-state index in [0.29, 0.717) is 16.6 Å². The van der Waals surface area contributed by atoms with Crippen molar-refractivity contribution in [1.82, 2.24) is 4.90 Å². The highest BCUT2D eigenvalue weighted by molar-refractivity contribution is 6.42. The Hall–Kier alpha value is -0.770. The van der Waals surface area contributed by atoms with E-state index in [-0.39, 0.29) is 24.7 Å². The summed E-state index contributed by atoms with van der Waals surface area (Å²) in [4.78, 5) is 14.0. The molecule has 3 nitrogen and oxygen atoms in total. The Kier molecular flexibility index (Phi) is 6.80. The summed E-state index contributed by atoms with van der Waals surface area (Å²) in [7, 11) is 0. The number of benzene rings is 1. The molecule has 0 fully saturated rings. The molecule has 0 bridgehead atoms. The minimum atomic E-state index is -0.0280. The standard InChI is InChI=1S/C15H21Cl2NO2/c1-10(2)18(15(19)9-20-11(3)4)8-12-5-6-13(16)14(17)7-12/h5-7,10-11H,8-9H2,1-4H3. The molecule has 20 heavy (non-hydrogen) atoms. The van der Waals surface area contributed by atoms with E-state index >= 15 is 0 Å². The van der Waals surface area contributed by atoms with Crippen molar-refractivity contribution < 1.29 is 9.53 Å². The van der Waals surface area contributed by atoms with Crippen molar-refractivity contribution in [2.45, 2.75) is 46.4 Å². The Bertz CT molecular complexity index is 461. The first-order valence-electron chi connectivity index (χ1n) is 6.66. The van der Waals surface area contributed by atoms with E-state index in [4.69, 9.17) is 27.9 Å². The van der Waals surface area contributed by atoms with Gasteiger partial charge < -0.3 is 9.64 Å². The number of hydrogen-bond acceptors (Lipinski definition) is 2. The maximum absolute atomic E-state index is 12.2. The van der Waals surface area contributed by atoms with E-state index in [9.17, 15) is 4.79 Å². The van der Waals surface area contributed by atoms with Gasteiger partial charge in [-0.05, 0) is 45.4 Å². The monoisotopic (exact) mass is 317 g/mol. The van der Waals surface area contributed by atoms with Gasteiger partial charge in [-0.3, -0.25) is 4.79 Å². The van der Waals surface area contributed by atoms with Crippen molar-refractivity contribution in [2.24, 2.45) is 0 Å². The molecule has 0 radical (unpaired) electrons. The Labute approximate surface area is 130 Å². The molecule has 1 aromatic rings. The van der Waals surface area contributed by atoms with Gasteiger partial charge in [0.2, 0.25) is 5.91 Å². The Morgan fingerprint density at radius 2 is 1.85 bits per heavy atom. The Balaban J connectivity index is 2.76. The van der Waals surface area contributed by atoms with Crippen LogP contribution in [0, 0.1) is 0 Å². The second-order valence-electron chi connectivity index (χ2n) is 5.22. The van der Waals surface area contributed by atoms with Gasteiger partial charge in [-0.1, -0.05) is 29.3 Å². The van der Waals surface area contributed by atoms with E-state index in [0.717, 1.165) is 5.56 Å². The minimum absolute atomic E-state index is 0.0280. The van der Waals surface area contributed by atoms with Crippen LogP contribution in [0.4, 0.5) is 0 Å². The maximum Gasteiger partial charge on any atom is 0.249 e. The lowest BCUT2D eigenvalue weighted by atomic mass is 10.2. The fourth-order valence-electron chi connectivity index (χ4n) is 1.71. The van der Waals surface area contributed by atoms with Crippen LogP contribution in [0.5, 0.6) is 0 Å². The van der Waals surface area contributed by atoms with Crippen LogP contribution in [0.2, 0.25) is 10.0 Å². The lowest BCUT2D eigenvalue weighted by Gasteiger charge is -2.27. The number of hydrogen-bond donors (Lipinski definition) is 0. The summed E-state index contributed by atoms with van der Waals surface area (Å²) < 4.78 is 5.38. The van der Waals surface area contributed by atoms with Crippen molar-refractivity contribution in [1.29, 1.82) is 0 Å². The van der Waals surface area contributed by atoms with Crippen LogP contribution in [0.1, 0.15) is 33.3 Å². The topological polar surface area (TPSA) is 29.5 Å². The predicted molar refractivity (Wildman–Crippen MR) is 83.2 cm³/mol. The largest absolute Gasteiger partial charge is 0.369 e. The van der Waals surface area contributed by atoms with Gasteiger partial charge in [-0.25, -0.2) is 0 Å². The van der Waals surface area contributed by atoms with Crippen molar-refractivity contribution >= 4 is 29.1 Å². The molecular formula is C15H21Cl2NO2. The van der Waals surface area contributed by atoms with Gasteiger partial charge in [-0.2, -0.15) is 0 Å². The van der Waals surface area contributed by atoms with Crippen LogP contribution < -0.4 is 0 Å². The van der Waals surface area contributed by atoms with E-state index < -0.39 is 0 Å². The minimum Gasteiger partial charge on any atom is -0.369 e. The second-order valence-corrected chi connectivity index (χ2v) is 6.04. The zero-order valence-electron chi connectivity index (χ0n) is 12.3. The molecule has 0 aliphatic rings. The Morgan fingerprint density at radius 1 is 1.20 bits per heavy atom. The summed E-state index contributed by atoms with van der Waals surface area (Å²) in [6, 6.07) is 5.50. The van der Waals surface area contributed by atoms with E-state index in [2.05, 4.69) is 0 Å². The molecule has 1 aromatic carbocycles. The van der Waals surface area contributed by atoms with Gasteiger partial charge in [0.05, 0.1) is 16.1 Å². The fourth-order valence-corrected chi connectivity index (χ4v) is 2.03. The highest BCUT2D eigenvalue weighted by atomic mass is 35.5. The smallest absolute Gasteiger partial charge is 0.249 e. The zero-order valence-corrected chi connectivity index (χ0v) is 13.8. The highest BCUT2D eigenvalue weighted by Crippen LogP contribution is 2.23. The van der Waals surface area contributed by atoms with Crippen molar-refractivity contribution in [3.05, 3.63) is 33.8 Å². The van der Waals surface area contributed by atoms with Crippen LogP contribution in [-0.4, -0.2) is 29.6 Å². The normalized spacial score (nSPS) is 11.2. The first kappa shape index (κ1) is 17.3. The number of nitrogens with zero attached hydrogens (tertiary/aromatic N) is 1. The second kappa shape index (κ2) is 7.87. The van der Waals surface area contributed by atoms with Gasteiger partial charge in [0.1, 0.15) is 6.61 Å². The van der Waals surface area contributed by atoms with Crippen LogP contribution >= 0.6 is 23.2 Å². The summed E-state index contributed by atoms with van der Waals surface area (Å²) >= 11 is 11.9. The highest BCUT2D eigenvalue weighted by Gasteiger charge is 2.18. The SMILES string of the molecule is CC(C)OCC(=O)N(Cc1ccc(Cl)c(Cl)c1)C(C)C. The number of ether oxygens (including phenoxy) is 1. The molecule has 0 aromatic heterocycles. The van der Waals surface area contributed by atoms with Gasteiger partial charge in [0.25, 0.3) is 0 Å². The van der Waals surface area contributed by atoms with Gasteiger partial charge in [-0.15, -0.1) is 0 Å². The molecule has 0 atom stereocenters. The molecule has 112 valence electrons. The molecule has 0 spiro atoms. The van der Waals surface area contributed by atoms with Crippen molar-refractivity contribution in [2.75, 3.05) is 6.61 Å². The molecule has 0 N–H and O–H groups in total. The molecule has 0 saturated heterocycles. The summed E-state index contributed by atoms with van der Waals surface area (Å²) in [6.45, 7) is 8.36. The summed E-state index contributed by atoms with van der Waals surface area (Å²) in [5.74, 6) is -0.0280. The quantitative estimate of drug-likeness (QED) is 0.788. The van der Waals surface area contributed by atoms with E-state index in [1.807, 2.05) is 33.8 Å². The molecule has 1 rings (SSSR count). The third-order valence-corrected chi connectivity index (χ3v) is 3.56. The number of amides is 1. The van der Waals surface area contributed by atoms with Gasteiger partial charge in [0, 0.05) is 12.6 Å². The third-order valence-electron chi connectivity index (χ3n) is 2.82. The number of halogens is 2. The Morgan fingerprint density at radius 3 is 2.35 bits per heavy atom. The van der Waals surface area contributed by atoms with Crippen LogP contribution in [-0.2, 0) is 16.1 Å². The van der Waals surface area contributed by atoms with Gasteiger partial charge in [0.15, 0.2) is 0 Å². The van der Waals surface area contributed by atoms with E-state index in [1.165, 1.54) is 0 Å². The summed E-state index contributed by atoms with van der Waals surface area (Å²) in [5.41, 5.74) is 0.950. The van der Waals surface area contributed by atoms with Crippen LogP contribution in [0.25, 0.3) is 0 Å². The third kappa shape index (κ3) is 5.31. The van der Waals surface area contributed by atoms with Crippen molar-refractivity contribution in [3.8, 4) is 0 Å². The van der Waals surface area contributed by atoms with Crippen LogP contribution in [0.3, 0.4) is 0 Å². The molecule has 0 heterocycles. The zero-order chi connectivity index (χ0) is 15.3. The molecule has 5 heteroatoms. The molecule has 0 unspecified atom stereocenters. The summed E-state index contributed by atoms with van der Waals surface area (Å²) in [5, 5.41) is 1.01. The number of rotatable bonds is 6. The fraction of sp³-hybridized carbons (Fsp3) is 0.533. The first-order valence-corrected chi connectivity index (χ1v) is 7.41. The van der Waals surface area contributed by atoms with Gasteiger partial charge >= 0.3 is 0 Å². The van der Waals surface area contributed by atoms with Crippen LogP contribution in [0.15, 0.2) is 18.2 Å². The summed E-state index contributed by atoms with van der Waals surface area (Å²) in [6.07, 6.45) is 0.0398. The molecule has 0 aliphatic carbocycles. The number of carbonyl (C=O) groups excluding carboxylic acids is 1. The average molecular weight is 318 g/mol. The lowest BCUT2D eigenvalue weighted by molar-refractivity contribution is -0.140. The molecule has 0 saturated carbocycles. The average Bonchev–Trinajstić information content (AvgIpc) is 2.36. The molecule has 1 amide bonds. The van der Waals surface area contributed by atoms with Crippen molar-refractivity contribution in [3.63, 3.8) is 0 Å². The van der Waals surface area contributed by atoms with E-state index in [1.54, 1.807) is 17.0 Å². The number of carbonyl (C=O) groups is 1.